The number of carbonyl (C=O) groups excluding carboxylic acids is 2. The van der Waals surface area contributed by atoms with Crippen LogP contribution in [0.5, 0.6) is 5.75 Å². The number of nitrogens with zero attached hydrogens (tertiary/aromatic N) is 1. The van der Waals surface area contributed by atoms with Crippen molar-refractivity contribution in [2.75, 3.05) is 20.2 Å². The smallest absolute Gasteiger partial charge is 0.222 e. The average molecular weight is 439 g/mol. The summed E-state index contributed by atoms with van der Waals surface area (Å²) in [5.41, 5.74) is 2.61. The fraction of sp³-hybridized carbons (Fsp3) is 0.462. The van der Waals surface area contributed by atoms with Crippen LogP contribution in [-0.4, -0.2) is 42.5 Å². The summed E-state index contributed by atoms with van der Waals surface area (Å²) in [6, 6.07) is 12.7. The van der Waals surface area contributed by atoms with Crippen LogP contribution in [0.25, 0.3) is 0 Å². The van der Waals surface area contributed by atoms with Crippen LogP contribution in [0.3, 0.4) is 0 Å². The van der Waals surface area contributed by atoms with Crippen molar-refractivity contribution in [1.29, 1.82) is 0 Å². The fourth-order valence-electron chi connectivity index (χ4n) is 5.29. The number of ether oxygens (including phenoxy) is 1. The van der Waals surface area contributed by atoms with Crippen molar-refractivity contribution in [3.05, 3.63) is 65.0 Å². The minimum Gasteiger partial charge on any atom is -0.496 e. The van der Waals surface area contributed by atoms with Gasteiger partial charge in [0.15, 0.2) is 0 Å². The Labute approximate surface area is 188 Å². The molecule has 2 amide bonds. The third-order valence-electron chi connectivity index (χ3n) is 6.88. The van der Waals surface area contributed by atoms with Gasteiger partial charge >= 0.3 is 0 Å². The molecule has 2 aliphatic rings. The molecule has 0 aliphatic carbocycles. The normalized spacial score (nSPS) is 22.8. The summed E-state index contributed by atoms with van der Waals surface area (Å²) in [5, 5.41) is 3.18. The van der Waals surface area contributed by atoms with Gasteiger partial charge in [0.25, 0.3) is 0 Å². The van der Waals surface area contributed by atoms with Crippen molar-refractivity contribution in [3.63, 3.8) is 0 Å². The van der Waals surface area contributed by atoms with Crippen molar-refractivity contribution in [2.24, 2.45) is 0 Å². The van der Waals surface area contributed by atoms with Crippen LogP contribution in [0.15, 0.2) is 42.5 Å². The molecule has 2 saturated heterocycles. The minimum atomic E-state index is -0.508. The molecule has 6 heteroatoms. The molecule has 2 atom stereocenters. The molecule has 0 bridgehead atoms. The van der Waals surface area contributed by atoms with Gasteiger partial charge in [-0.15, -0.1) is 0 Å². The van der Waals surface area contributed by atoms with Crippen LogP contribution in [0.2, 0.25) is 0 Å². The Bertz CT molecular complexity index is 1010. The number of halogens is 1. The number of benzene rings is 2. The summed E-state index contributed by atoms with van der Waals surface area (Å²) in [4.78, 5) is 27.2. The van der Waals surface area contributed by atoms with Crippen molar-refractivity contribution >= 4 is 11.8 Å². The first-order valence-electron chi connectivity index (χ1n) is 11.4. The number of hydrogen-bond acceptors (Lipinski definition) is 3. The molecule has 5 nitrogen and oxygen atoms in total. The summed E-state index contributed by atoms with van der Waals surface area (Å²) in [5.74, 6) is 0.579. The molecule has 2 aliphatic heterocycles. The minimum absolute atomic E-state index is 0.0156. The standard InChI is InChI=1S/C26H31FN2O3/c1-18-14-19(11-12-23(18)32-2)6-3-10-25(31)29-16-22(20-7-4-8-21(27)15-20)26(17-29)13-5-9-24(30)28-26/h4,7-8,11-12,14-15,22H,3,5-6,9-10,13,16-17H2,1-2H3,(H,28,30)/t22-,26+/m0/s1. The van der Waals surface area contributed by atoms with Crippen molar-refractivity contribution in [1.82, 2.24) is 10.2 Å². The first kappa shape index (κ1) is 22.3. The monoisotopic (exact) mass is 438 g/mol. The van der Waals surface area contributed by atoms with Crippen LogP contribution < -0.4 is 10.1 Å². The van der Waals surface area contributed by atoms with Crippen LogP contribution in [0, 0.1) is 12.7 Å². The molecule has 0 radical (unpaired) electrons. The summed E-state index contributed by atoms with van der Waals surface area (Å²) < 4.78 is 19.2. The lowest BCUT2D eigenvalue weighted by molar-refractivity contribution is -0.131. The number of hydrogen-bond donors (Lipinski definition) is 1. The van der Waals surface area contributed by atoms with Gasteiger partial charge in [-0.2, -0.15) is 0 Å². The van der Waals surface area contributed by atoms with Crippen molar-refractivity contribution in [2.45, 2.75) is 56.9 Å². The molecule has 4 rings (SSSR count). The van der Waals surface area contributed by atoms with E-state index >= 15 is 0 Å². The highest BCUT2D eigenvalue weighted by Gasteiger charge is 2.50. The number of aryl methyl sites for hydroxylation is 2. The zero-order valence-corrected chi connectivity index (χ0v) is 18.8. The van der Waals surface area contributed by atoms with E-state index in [-0.39, 0.29) is 23.5 Å². The molecule has 2 aromatic carbocycles. The highest BCUT2D eigenvalue weighted by Crippen LogP contribution is 2.41. The first-order valence-corrected chi connectivity index (χ1v) is 11.4. The van der Waals surface area contributed by atoms with Crippen LogP contribution in [-0.2, 0) is 16.0 Å². The van der Waals surface area contributed by atoms with E-state index in [4.69, 9.17) is 4.74 Å². The Morgan fingerprint density at radius 2 is 2.12 bits per heavy atom. The molecular weight excluding hydrogens is 407 g/mol. The van der Waals surface area contributed by atoms with E-state index < -0.39 is 5.54 Å². The van der Waals surface area contributed by atoms with E-state index in [0.29, 0.717) is 25.9 Å². The lowest BCUT2D eigenvalue weighted by atomic mass is 9.76. The molecule has 1 N–H and O–H groups in total. The van der Waals surface area contributed by atoms with E-state index in [1.807, 2.05) is 30.0 Å². The molecule has 170 valence electrons. The van der Waals surface area contributed by atoms with Gasteiger partial charge in [-0.25, -0.2) is 4.39 Å². The van der Waals surface area contributed by atoms with Gasteiger partial charge in [0, 0.05) is 31.8 Å². The molecular formula is C26H31FN2O3. The van der Waals surface area contributed by atoms with Crippen molar-refractivity contribution < 1.29 is 18.7 Å². The number of carbonyl (C=O) groups is 2. The van der Waals surface area contributed by atoms with Gasteiger partial charge in [0.2, 0.25) is 11.8 Å². The van der Waals surface area contributed by atoms with Crippen LogP contribution in [0.1, 0.15) is 54.7 Å². The third kappa shape index (κ3) is 4.64. The number of nitrogens with one attached hydrogen (secondary N) is 1. The fourth-order valence-corrected chi connectivity index (χ4v) is 5.29. The number of likely N-dealkylation sites (tertiary alicyclic amines) is 1. The highest BCUT2D eigenvalue weighted by atomic mass is 19.1. The zero-order valence-electron chi connectivity index (χ0n) is 18.8. The molecule has 1 spiro atoms. The van der Waals surface area contributed by atoms with E-state index in [0.717, 1.165) is 42.6 Å². The van der Waals surface area contributed by atoms with Gasteiger partial charge in [0.1, 0.15) is 11.6 Å². The number of rotatable bonds is 6. The quantitative estimate of drug-likeness (QED) is 0.738. The molecule has 2 fully saturated rings. The lowest BCUT2D eigenvalue weighted by Crippen LogP contribution is -2.56. The van der Waals surface area contributed by atoms with Gasteiger partial charge < -0.3 is 15.0 Å². The Morgan fingerprint density at radius 3 is 2.84 bits per heavy atom. The molecule has 2 heterocycles. The molecule has 32 heavy (non-hydrogen) atoms. The van der Waals surface area contributed by atoms with E-state index in [2.05, 4.69) is 11.4 Å². The predicted molar refractivity (Wildman–Crippen MR) is 121 cm³/mol. The van der Waals surface area contributed by atoms with Crippen LogP contribution in [0.4, 0.5) is 4.39 Å². The predicted octanol–water partition coefficient (Wildman–Crippen LogP) is 4.13. The molecule has 2 aromatic rings. The Morgan fingerprint density at radius 1 is 1.28 bits per heavy atom. The van der Waals surface area contributed by atoms with Gasteiger partial charge in [-0.05, 0) is 67.5 Å². The average Bonchev–Trinajstić information content (AvgIpc) is 3.12. The summed E-state index contributed by atoms with van der Waals surface area (Å²) >= 11 is 0. The van der Waals surface area contributed by atoms with Gasteiger partial charge in [-0.3, -0.25) is 9.59 Å². The topological polar surface area (TPSA) is 58.6 Å². The zero-order chi connectivity index (χ0) is 22.7. The molecule has 0 unspecified atom stereocenters. The summed E-state index contributed by atoms with van der Waals surface area (Å²) in [7, 11) is 1.66. The Kier molecular flexibility index (Phi) is 6.49. The maximum absolute atomic E-state index is 13.9. The van der Waals surface area contributed by atoms with Gasteiger partial charge in [0.05, 0.1) is 12.6 Å². The SMILES string of the molecule is COc1ccc(CCCC(=O)N2C[C@@H](c3cccc(F)c3)[C@@]3(CCCC(=O)N3)C2)cc1C. The molecule has 0 saturated carbocycles. The largest absolute Gasteiger partial charge is 0.496 e. The third-order valence-corrected chi connectivity index (χ3v) is 6.88. The summed E-state index contributed by atoms with van der Waals surface area (Å²) in [6.45, 7) is 3.01. The van der Waals surface area contributed by atoms with E-state index in [1.54, 1.807) is 13.2 Å². The maximum atomic E-state index is 13.9. The van der Waals surface area contributed by atoms with Crippen LogP contribution >= 0.6 is 0 Å². The molecule has 0 aromatic heterocycles. The van der Waals surface area contributed by atoms with E-state index in [9.17, 15) is 14.0 Å². The lowest BCUT2D eigenvalue weighted by Gasteiger charge is -2.39. The number of piperidine rings is 1. The van der Waals surface area contributed by atoms with E-state index in [1.165, 1.54) is 17.7 Å². The second-order valence-electron chi connectivity index (χ2n) is 9.10. The van der Waals surface area contributed by atoms with Crippen molar-refractivity contribution in [3.8, 4) is 5.75 Å². The maximum Gasteiger partial charge on any atom is 0.222 e. The second-order valence-corrected chi connectivity index (χ2v) is 9.10. The Balaban J connectivity index is 1.43. The summed E-state index contributed by atoms with van der Waals surface area (Å²) in [6.07, 6.45) is 4.12. The Hall–Kier alpha value is -2.89. The number of amides is 2. The number of methoxy groups -OCH3 is 1. The first-order chi connectivity index (χ1) is 15.4. The van der Waals surface area contributed by atoms with Gasteiger partial charge in [-0.1, -0.05) is 24.3 Å². The highest BCUT2D eigenvalue weighted by molar-refractivity contribution is 5.80. The second kappa shape index (κ2) is 9.31.